The van der Waals surface area contributed by atoms with Crippen molar-refractivity contribution in [1.29, 1.82) is 0 Å². The van der Waals surface area contributed by atoms with Crippen molar-refractivity contribution in [2.24, 2.45) is 0 Å². The summed E-state index contributed by atoms with van der Waals surface area (Å²) in [6, 6.07) is 21.8. The van der Waals surface area contributed by atoms with Gasteiger partial charge in [0.25, 0.3) is 0 Å². The van der Waals surface area contributed by atoms with Crippen LogP contribution in [0.1, 0.15) is 29.3 Å². The van der Waals surface area contributed by atoms with Gasteiger partial charge in [0.05, 0.1) is 6.10 Å². The van der Waals surface area contributed by atoms with E-state index in [0.717, 1.165) is 27.2 Å². The molecule has 0 bridgehead atoms. The molecular weight excluding hydrogens is 322 g/mol. The number of benzene rings is 3. The lowest BCUT2D eigenvalue weighted by atomic mass is 9.97. The van der Waals surface area contributed by atoms with Crippen molar-refractivity contribution in [2.45, 2.75) is 26.0 Å². The molecule has 1 atom stereocenters. The Morgan fingerprint density at radius 3 is 2.42 bits per heavy atom. The van der Waals surface area contributed by atoms with Crippen molar-refractivity contribution in [1.82, 2.24) is 4.57 Å². The first kappa shape index (κ1) is 16.6. The van der Waals surface area contributed by atoms with Crippen LogP contribution >= 0.6 is 0 Å². The number of ketones is 1. The third-order valence-electron chi connectivity index (χ3n) is 4.86. The second-order valence-corrected chi connectivity index (χ2v) is 6.75. The van der Waals surface area contributed by atoms with Crippen LogP contribution in [0.15, 0.2) is 72.9 Å². The number of aliphatic hydroxyl groups excluding tert-OH is 1. The van der Waals surface area contributed by atoms with Gasteiger partial charge in [-0.05, 0) is 30.2 Å². The van der Waals surface area contributed by atoms with E-state index in [-0.39, 0.29) is 11.9 Å². The maximum atomic E-state index is 13.4. The average molecular weight is 343 g/mol. The normalized spacial score (nSPS) is 12.5. The van der Waals surface area contributed by atoms with Gasteiger partial charge in [0.15, 0.2) is 5.78 Å². The van der Waals surface area contributed by atoms with Gasteiger partial charge in [-0.15, -0.1) is 0 Å². The maximum absolute atomic E-state index is 13.4. The first-order chi connectivity index (χ1) is 12.6. The number of carbonyl (C=O) groups excluding carboxylic acids is 1. The minimum absolute atomic E-state index is 0.0359. The van der Waals surface area contributed by atoms with Crippen molar-refractivity contribution in [3.8, 4) is 0 Å². The number of rotatable bonds is 5. The lowest BCUT2D eigenvalue weighted by molar-refractivity contribution is 0.104. The highest BCUT2D eigenvalue weighted by atomic mass is 16.3. The summed E-state index contributed by atoms with van der Waals surface area (Å²) in [6.45, 7) is 2.47. The van der Waals surface area contributed by atoms with Crippen LogP contribution in [-0.4, -0.2) is 21.6 Å². The summed E-state index contributed by atoms with van der Waals surface area (Å²) in [5, 5.41) is 12.6. The van der Waals surface area contributed by atoms with Crippen molar-refractivity contribution in [3.63, 3.8) is 0 Å². The molecule has 0 aliphatic rings. The molecule has 26 heavy (non-hydrogen) atoms. The Labute approximate surface area is 152 Å². The Bertz CT molecular complexity index is 1090. The smallest absolute Gasteiger partial charge is 0.195 e. The number of carbonyl (C=O) groups is 1. The molecule has 0 amide bonds. The van der Waals surface area contributed by atoms with Crippen molar-refractivity contribution >= 4 is 27.5 Å². The topological polar surface area (TPSA) is 42.2 Å². The SMILES string of the molecule is C[C@H](O)CCn1cc(C(=O)c2cccc3ccccc23)c2ccccc21. The zero-order valence-electron chi connectivity index (χ0n) is 14.7. The zero-order chi connectivity index (χ0) is 18.1. The van der Waals surface area contributed by atoms with Crippen LogP contribution in [-0.2, 0) is 6.54 Å². The molecule has 0 spiro atoms. The third kappa shape index (κ3) is 2.91. The number of hydrogen-bond acceptors (Lipinski definition) is 2. The maximum Gasteiger partial charge on any atom is 0.195 e. The van der Waals surface area contributed by atoms with E-state index in [0.29, 0.717) is 18.5 Å². The standard InChI is InChI=1S/C23H21NO2/c1-16(25)13-14-24-15-21(19-10-4-5-12-22(19)24)23(26)20-11-6-8-17-7-2-3-9-18(17)20/h2-12,15-16,25H,13-14H2,1H3/t16-/m0/s1. The summed E-state index contributed by atoms with van der Waals surface area (Å²) in [6.07, 6.45) is 2.21. The Kier molecular flexibility index (Phi) is 4.31. The molecule has 1 N–H and O–H groups in total. The molecule has 3 aromatic carbocycles. The largest absolute Gasteiger partial charge is 0.393 e. The molecule has 0 saturated carbocycles. The molecule has 0 radical (unpaired) electrons. The lowest BCUT2D eigenvalue weighted by Crippen LogP contribution is -2.06. The monoisotopic (exact) mass is 343 g/mol. The van der Waals surface area contributed by atoms with Crippen molar-refractivity contribution in [3.05, 3.63) is 84.1 Å². The molecule has 3 heteroatoms. The van der Waals surface area contributed by atoms with Crippen LogP contribution in [0.5, 0.6) is 0 Å². The number of para-hydroxylation sites is 1. The molecule has 0 unspecified atom stereocenters. The number of nitrogens with zero attached hydrogens (tertiary/aromatic N) is 1. The number of fused-ring (bicyclic) bond motifs is 2. The van der Waals surface area contributed by atoms with E-state index in [2.05, 4.69) is 4.57 Å². The predicted molar refractivity (Wildman–Crippen MR) is 106 cm³/mol. The second-order valence-electron chi connectivity index (χ2n) is 6.75. The van der Waals surface area contributed by atoms with Crippen LogP contribution in [0.3, 0.4) is 0 Å². The minimum Gasteiger partial charge on any atom is -0.393 e. The highest BCUT2D eigenvalue weighted by Crippen LogP contribution is 2.27. The summed E-state index contributed by atoms with van der Waals surface area (Å²) < 4.78 is 2.07. The van der Waals surface area contributed by atoms with Gasteiger partial charge in [-0.1, -0.05) is 60.7 Å². The molecule has 1 aromatic heterocycles. The molecular formula is C23H21NO2. The molecule has 3 nitrogen and oxygen atoms in total. The molecule has 0 aliphatic heterocycles. The summed E-state index contributed by atoms with van der Waals surface area (Å²) in [7, 11) is 0. The highest BCUT2D eigenvalue weighted by molar-refractivity contribution is 6.21. The molecule has 4 rings (SSSR count). The fraction of sp³-hybridized carbons (Fsp3) is 0.174. The Morgan fingerprint density at radius 1 is 0.923 bits per heavy atom. The van der Waals surface area contributed by atoms with E-state index in [1.54, 1.807) is 6.92 Å². The molecule has 0 aliphatic carbocycles. The average Bonchev–Trinajstić information content (AvgIpc) is 3.04. The van der Waals surface area contributed by atoms with Crippen LogP contribution in [0, 0.1) is 0 Å². The Balaban J connectivity index is 1.84. The molecule has 0 fully saturated rings. The summed E-state index contributed by atoms with van der Waals surface area (Å²) in [4.78, 5) is 13.4. The van der Waals surface area contributed by atoms with E-state index >= 15 is 0 Å². The molecule has 0 saturated heterocycles. The quantitative estimate of drug-likeness (QED) is 0.529. The van der Waals surface area contributed by atoms with Crippen LogP contribution in [0.2, 0.25) is 0 Å². The number of hydrogen-bond donors (Lipinski definition) is 1. The van der Waals surface area contributed by atoms with E-state index in [1.165, 1.54) is 0 Å². The van der Waals surface area contributed by atoms with Gasteiger partial charge in [-0.3, -0.25) is 4.79 Å². The number of aryl methyl sites for hydroxylation is 1. The summed E-state index contributed by atoms with van der Waals surface area (Å²) in [5.41, 5.74) is 2.46. The van der Waals surface area contributed by atoms with Gasteiger partial charge < -0.3 is 9.67 Å². The predicted octanol–water partition coefficient (Wildman–Crippen LogP) is 4.80. The number of aliphatic hydroxyl groups is 1. The minimum atomic E-state index is -0.367. The van der Waals surface area contributed by atoms with E-state index in [9.17, 15) is 9.90 Å². The van der Waals surface area contributed by atoms with E-state index in [4.69, 9.17) is 0 Å². The van der Waals surface area contributed by atoms with Crippen LogP contribution in [0.25, 0.3) is 21.7 Å². The Morgan fingerprint density at radius 2 is 1.62 bits per heavy atom. The fourth-order valence-electron chi connectivity index (χ4n) is 3.51. The van der Waals surface area contributed by atoms with E-state index in [1.807, 2.05) is 72.9 Å². The number of aromatic nitrogens is 1. The van der Waals surface area contributed by atoms with Gasteiger partial charge in [-0.2, -0.15) is 0 Å². The van der Waals surface area contributed by atoms with Crippen LogP contribution < -0.4 is 0 Å². The van der Waals surface area contributed by atoms with Gasteiger partial charge in [0.2, 0.25) is 0 Å². The van der Waals surface area contributed by atoms with Crippen molar-refractivity contribution in [2.75, 3.05) is 0 Å². The van der Waals surface area contributed by atoms with Crippen LogP contribution in [0.4, 0.5) is 0 Å². The summed E-state index contributed by atoms with van der Waals surface area (Å²) >= 11 is 0. The van der Waals surface area contributed by atoms with E-state index < -0.39 is 0 Å². The van der Waals surface area contributed by atoms with Gasteiger partial charge in [-0.25, -0.2) is 0 Å². The Hall–Kier alpha value is -2.91. The third-order valence-corrected chi connectivity index (χ3v) is 4.86. The zero-order valence-corrected chi connectivity index (χ0v) is 14.7. The second kappa shape index (κ2) is 6.77. The van der Waals surface area contributed by atoms with Gasteiger partial charge in [0.1, 0.15) is 0 Å². The van der Waals surface area contributed by atoms with Gasteiger partial charge >= 0.3 is 0 Å². The first-order valence-electron chi connectivity index (χ1n) is 8.93. The fourth-order valence-corrected chi connectivity index (χ4v) is 3.51. The highest BCUT2D eigenvalue weighted by Gasteiger charge is 2.18. The van der Waals surface area contributed by atoms with Gasteiger partial charge in [0, 0.05) is 34.8 Å². The molecule has 4 aromatic rings. The first-order valence-corrected chi connectivity index (χ1v) is 8.93. The van der Waals surface area contributed by atoms with Crippen molar-refractivity contribution < 1.29 is 9.90 Å². The summed E-state index contributed by atoms with van der Waals surface area (Å²) in [5.74, 6) is 0.0359. The molecule has 130 valence electrons. The molecule has 1 heterocycles. The lowest BCUT2D eigenvalue weighted by Gasteiger charge is -2.06.